The minimum absolute atomic E-state index is 0.376. The lowest BCUT2D eigenvalue weighted by Crippen LogP contribution is -2.37. The molecule has 2 aliphatic carbocycles. The van der Waals surface area contributed by atoms with E-state index in [-0.39, 0.29) is 0 Å². The summed E-state index contributed by atoms with van der Waals surface area (Å²) in [6.07, 6.45) is 11.7. The maximum atomic E-state index is 6.18. The molecule has 3 heteroatoms. The van der Waals surface area contributed by atoms with E-state index in [1.807, 2.05) is 18.5 Å². The molecule has 1 N–H and O–H groups in total. The molecule has 0 spiro atoms. The largest absolute Gasteiger partial charge is 0.490 e. The zero-order valence-corrected chi connectivity index (χ0v) is 12.3. The zero-order valence-electron chi connectivity index (χ0n) is 12.3. The molecule has 0 radical (unpaired) electrons. The van der Waals surface area contributed by atoms with E-state index >= 15 is 0 Å². The molecule has 1 heterocycles. The number of nitrogens with zero attached hydrogens (tertiary/aromatic N) is 1. The molecule has 3 nitrogen and oxygen atoms in total. The Morgan fingerprint density at radius 3 is 2.43 bits per heavy atom. The van der Waals surface area contributed by atoms with Crippen LogP contribution in [0.1, 0.15) is 38.5 Å². The van der Waals surface area contributed by atoms with E-state index in [1.165, 1.54) is 49.3 Å². The van der Waals surface area contributed by atoms with Crippen LogP contribution in [0.5, 0.6) is 5.75 Å². The minimum Gasteiger partial charge on any atom is -0.490 e. The fourth-order valence-electron chi connectivity index (χ4n) is 3.26. The van der Waals surface area contributed by atoms with Crippen LogP contribution in [0.3, 0.4) is 0 Å². The smallest absolute Gasteiger partial charge is 0.120 e. The fraction of sp³-hybridized carbons (Fsp3) is 0.500. The Morgan fingerprint density at radius 2 is 1.67 bits per heavy atom. The first-order valence-electron chi connectivity index (χ1n) is 8.13. The lowest BCUT2D eigenvalue weighted by atomic mass is 9.93. The Labute approximate surface area is 125 Å². The summed E-state index contributed by atoms with van der Waals surface area (Å²) in [7, 11) is 0. The maximum Gasteiger partial charge on any atom is 0.120 e. The van der Waals surface area contributed by atoms with E-state index in [2.05, 4.69) is 28.5 Å². The van der Waals surface area contributed by atoms with Gasteiger partial charge in [-0.25, -0.2) is 0 Å². The predicted molar refractivity (Wildman–Crippen MR) is 84.6 cm³/mol. The highest BCUT2D eigenvalue weighted by Crippen LogP contribution is 2.28. The molecular weight excluding hydrogens is 260 g/mol. The second-order valence-electron chi connectivity index (χ2n) is 6.42. The zero-order chi connectivity index (χ0) is 14.1. The molecule has 0 bridgehead atoms. The van der Waals surface area contributed by atoms with E-state index < -0.39 is 0 Å². The molecule has 0 aliphatic heterocycles. The average molecular weight is 282 g/mol. The summed E-state index contributed by atoms with van der Waals surface area (Å²) in [6, 6.07) is 9.88. The number of aromatic nitrogens is 1. The van der Waals surface area contributed by atoms with Crippen molar-refractivity contribution < 1.29 is 4.74 Å². The van der Waals surface area contributed by atoms with Crippen molar-refractivity contribution in [2.75, 3.05) is 0 Å². The van der Waals surface area contributed by atoms with E-state index in [0.29, 0.717) is 6.10 Å². The summed E-state index contributed by atoms with van der Waals surface area (Å²) in [6.45, 7) is 0. The number of benzene rings is 1. The van der Waals surface area contributed by atoms with Crippen molar-refractivity contribution >= 4 is 10.8 Å². The first-order chi connectivity index (χ1) is 10.4. The van der Waals surface area contributed by atoms with Gasteiger partial charge >= 0.3 is 0 Å². The van der Waals surface area contributed by atoms with Gasteiger partial charge in [-0.05, 0) is 68.2 Å². The molecule has 21 heavy (non-hydrogen) atoms. The molecule has 0 saturated heterocycles. The second kappa shape index (κ2) is 5.64. The quantitative estimate of drug-likeness (QED) is 0.929. The van der Waals surface area contributed by atoms with Crippen molar-refractivity contribution in [3.63, 3.8) is 0 Å². The van der Waals surface area contributed by atoms with Crippen molar-refractivity contribution in [3.05, 3.63) is 36.7 Å². The minimum atomic E-state index is 0.376. The molecule has 2 aromatic rings. The van der Waals surface area contributed by atoms with Gasteiger partial charge in [-0.3, -0.25) is 4.98 Å². The van der Waals surface area contributed by atoms with Crippen LogP contribution in [0.25, 0.3) is 10.8 Å². The SMILES string of the molecule is c1cc2cc(O[C@H]3CC[C@@H](NC4CC4)CC3)ccc2cn1. The highest BCUT2D eigenvalue weighted by atomic mass is 16.5. The van der Waals surface area contributed by atoms with Gasteiger partial charge in [-0.15, -0.1) is 0 Å². The van der Waals surface area contributed by atoms with Gasteiger partial charge in [0.1, 0.15) is 5.75 Å². The summed E-state index contributed by atoms with van der Waals surface area (Å²) < 4.78 is 6.18. The number of hydrogen-bond donors (Lipinski definition) is 1. The van der Waals surface area contributed by atoms with Gasteiger partial charge in [0.25, 0.3) is 0 Å². The Hall–Kier alpha value is -1.61. The van der Waals surface area contributed by atoms with Crippen LogP contribution in [0.4, 0.5) is 0 Å². The predicted octanol–water partition coefficient (Wildman–Crippen LogP) is 3.68. The average Bonchev–Trinajstić information content (AvgIpc) is 3.33. The molecule has 0 amide bonds. The third-order valence-corrected chi connectivity index (χ3v) is 4.64. The molecule has 0 atom stereocenters. The van der Waals surface area contributed by atoms with Crippen molar-refractivity contribution in [1.82, 2.24) is 10.3 Å². The molecule has 1 aromatic carbocycles. The van der Waals surface area contributed by atoms with Gasteiger partial charge in [-0.2, -0.15) is 0 Å². The molecule has 0 unspecified atom stereocenters. The first-order valence-corrected chi connectivity index (χ1v) is 8.13. The molecule has 2 aliphatic rings. The lowest BCUT2D eigenvalue weighted by Gasteiger charge is -2.29. The van der Waals surface area contributed by atoms with Crippen molar-refractivity contribution in [2.45, 2.75) is 56.7 Å². The van der Waals surface area contributed by atoms with Gasteiger partial charge in [0.2, 0.25) is 0 Å². The van der Waals surface area contributed by atoms with Crippen molar-refractivity contribution in [3.8, 4) is 5.75 Å². The Balaban J connectivity index is 1.36. The van der Waals surface area contributed by atoms with E-state index in [9.17, 15) is 0 Å². The van der Waals surface area contributed by atoms with Gasteiger partial charge in [0, 0.05) is 29.9 Å². The highest BCUT2D eigenvalue weighted by Gasteiger charge is 2.28. The van der Waals surface area contributed by atoms with Crippen LogP contribution in [0, 0.1) is 0 Å². The molecule has 2 saturated carbocycles. The summed E-state index contributed by atoms with van der Waals surface area (Å²) in [5.74, 6) is 0.993. The van der Waals surface area contributed by atoms with Crippen molar-refractivity contribution in [2.24, 2.45) is 0 Å². The third-order valence-electron chi connectivity index (χ3n) is 4.64. The van der Waals surface area contributed by atoms with Crippen LogP contribution in [-0.4, -0.2) is 23.2 Å². The van der Waals surface area contributed by atoms with Gasteiger partial charge in [0.15, 0.2) is 0 Å². The van der Waals surface area contributed by atoms with Gasteiger partial charge < -0.3 is 10.1 Å². The summed E-state index contributed by atoms with van der Waals surface area (Å²) in [5, 5.41) is 6.11. The number of nitrogens with one attached hydrogen (secondary N) is 1. The standard InChI is InChI=1S/C18H22N2O/c1-6-18(11-13-9-10-19-12-14(1)13)21-17-7-4-16(5-8-17)20-15-2-3-15/h1,6,9-12,15-17,20H,2-5,7-8H2/t16-,17+. The topological polar surface area (TPSA) is 34.1 Å². The Morgan fingerprint density at radius 1 is 0.905 bits per heavy atom. The van der Waals surface area contributed by atoms with Crippen LogP contribution in [0.2, 0.25) is 0 Å². The van der Waals surface area contributed by atoms with Gasteiger partial charge in [-0.1, -0.05) is 0 Å². The molecule has 1 aromatic heterocycles. The van der Waals surface area contributed by atoms with Crippen molar-refractivity contribution in [1.29, 1.82) is 0 Å². The fourth-order valence-corrected chi connectivity index (χ4v) is 3.26. The van der Waals surface area contributed by atoms with E-state index in [1.54, 1.807) is 0 Å². The summed E-state index contributed by atoms with van der Waals surface area (Å²) >= 11 is 0. The van der Waals surface area contributed by atoms with E-state index in [4.69, 9.17) is 4.74 Å². The monoisotopic (exact) mass is 282 g/mol. The normalized spacial score (nSPS) is 25.9. The summed E-state index contributed by atoms with van der Waals surface area (Å²) in [5.41, 5.74) is 0. The third kappa shape index (κ3) is 3.18. The molecule has 110 valence electrons. The maximum absolute atomic E-state index is 6.18. The number of fused-ring (bicyclic) bond motifs is 1. The van der Waals surface area contributed by atoms with Crippen LogP contribution in [0.15, 0.2) is 36.7 Å². The van der Waals surface area contributed by atoms with Crippen LogP contribution in [-0.2, 0) is 0 Å². The summed E-state index contributed by atoms with van der Waals surface area (Å²) in [4.78, 5) is 4.15. The molecule has 2 fully saturated rings. The Bertz CT molecular complexity index is 615. The lowest BCUT2D eigenvalue weighted by molar-refractivity contribution is 0.139. The number of pyridine rings is 1. The first kappa shape index (κ1) is 13.1. The van der Waals surface area contributed by atoms with Crippen LogP contribution >= 0.6 is 0 Å². The van der Waals surface area contributed by atoms with Gasteiger partial charge in [0.05, 0.1) is 6.10 Å². The number of hydrogen-bond acceptors (Lipinski definition) is 3. The molecule has 4 rings (SSSR count). The second-order valence-corrected chi connectivity index (χ2v) is 6.42. The number of ether oxygens (including phenoxy) is 1. The van der Waals surface area contributed by atoms with E-state index in [0.717, 1.165) is 17.8 Å². The highest BCUT2D eigenvalue weighted by molar-refractivity contribution is 5.82. The number of rotatable bonds is 4. The Kier molecular flexibility index (Phi) is 3.52. The van der Waals surface area contributed by atoms with Crippen LogP contribution < -0.4 is 10.1 Å². The molecular formula is C18H22N2O.